The van der Waals surface area contributed by atoms with E-state index in [1.807, 2.05) is 0 Å². The van der Waals surface area contributed by atoms with Crippen molar-refractivity contribution >= 4 is 17.0 Å². The number of carbonyl (C=O) groups is 1. The first-order chi connectivity index (χ1) is 6.20. The van der Waals surface area contributed by atoms with Gasteiger partial charge in [-0.1, -0.05) is 0 Å². The number of carboxylic acids is 1. The molecule has 0 bridgehead atoms. The van der Waals surface area contributed by atoms with Crippen LogP contribution in [-0.2, 0) is 0 Å². The molecule has 2 heterocycles. The molecule has 0 aliphatic carbocycles. The number of carboxylic acid groups (broad SMARTS) is 1. The lowest BCUT2D eigenvalue weighted by molar-refractivity contribution is 0.0692. The molecule has 0 aliphatic heterocycles. The third-order valence-corrected chi connectivity index (χ3v) is 1.68. The van der Waals surface area contributed by atoms with Gasteiger partial charge in [0.15, 0.2) is 11.2 Å². The molecule has 0 fully saturated rings. The topological polar surface area (TPSA) is 98.8 Å². The van der Waals surface area contributed by atoms with Gasteiger partial charge in [0.2, 0.25) is 5.43 Å². The number of aromatic nitrogens is 3. The van der Waals surface area contributed by atoms with Crippen molar-refractivity contribution in [1.82, 2.24) is 15.2 Å². The number of fused-ring (bicyclic) bond motifs is 1. The fourth-order valence-electron chi connectivity index (χ4n) is 1.10. The summed E-state index contributed by atoms with van der Waals surface area (Å²) in [6.07, 6.45) is 1.38. The number of hydrogen-bond donors (Lipinski definition) is 3. The molecule has 6 nitrogen and oxygen atoms in total. The molecule has 0 radical (unpaired) electrons. The lowest BCUT2D eigenvalue weighted by atomic mass is 10.3. The van der Waals surface area contributed by atoms with Crippen LogP contribution in [0.3, 0.4) is 0 Å². The first kappa shape index (κ1) is 7.53. The summed E-state index contributed by atoms with van der Waals surface area (Å²) < 4.78 is 0. The SMILES string of the molecule is O=C(O)c1[nH]nc2c(=O)cc[nH]c12. The van der Waals surface area contributed by atoms with Gasteiger partial charge in [-0.05, 0) is 0 Å². The van der Waals surface area contributed by atoms with E-state index >= 15 is 0 Å². The zero-order valence-corrected chi connectivity index (χ0v) is 6.37. The predicted octanol–water partition coefficient (Wildman–Crippen LogP) is -0.0506. The Morgan fingerprint density at radius 3 is 3.00 bits per heavy atom. The summed E-state index contributed by atoms with van der Waals surface area (Å²) in [7, 11) is 0. The molecule has 3 N–H and O–H groups in total. The third kappa shape index (κ3) is 0.994. The minimum Gasteiger partial charge on any atom is -0.476 e. The highest BCUT2D eigenvalue weighted by Gasteiger charge is 2.13. The molecule has 0 spiro atoms. The lowest BCUT2D eigenvalue weighted by Gasteiger charge is -1.88. The summed E-state index contributed by atoms with van der Waals surface area (Å²) in [5, 5.41) is 14.5. The first-order valence-corrected chi connectivity index (χ1v) is 3.49. The summed E-state index contributed by atoms with van der Waals surface area (Å²) >= 11 is 0. The van der Waals surface area contributed by atoms with Crippen molar-refractivity contribution in [1.29, 1.82) is 0 Å². The minimum atomic E-state index is -1.15. The molecule has 0 aromatic carbocycles. The number of pyridine rings is 1. The Balaban J connectivity index is 2.91. The molecular weight excluding hydrogens is 174 g/mol. The molecule has 0 saturated carbocycles. The second kappa shape index (κ2) is 2.44. The van der Waals surface area contributed by atoms with Gasteiger partial charge in [-0.3, -0.25) is 9.89 Å². The van der Waals surface area contributed by atoms with Crippen LogP contribution in [0.2, 0.25) is 0 Å². The van der Waals surface area contributed by atoms with Crippen LogP contribution in [0.1, 0.15) is 10.5 Å². The van der Waals surface area contributed by atoms with Crippen molar-refractivity contribution in [2.75, 3.05) is 0 Å². The van der Waals surface area contributed by atoms with Gasteiger partial charge < -0.3 is 10.1 Å². The molecule has 0 aliphatic rings. The summed E-state index contributed by atoms with van der Waals surface area (Å²) in [5.74, 6) is -1.15. The molecule has 0 unspecified atom stereocenters. The van der Waals surface area contributed by atoms with Crippen LogP contribution in [0.15, 0.2) is 17.1 Å². The van der Waals surface area contributed by atoms with Crippen molar-refractivity contribution in [3.63, 3.8) is 0 Å². The summed E-state index contributed by atoms with van der Waals surface area (Å²) in [6.45, 7) is 0. The number of nitrogens with one attached hydrogen (secondary N) is 2. The van der Waals surface area contributed by atoms with Crippen molar-refractivity contribution in [2.24, 2.45) is 0 Å². The second-order valence-corrected chi connectivity index (χ2v) is 2.47. The Morgan fingerprint density at radius 2 is 2.31 bits per heavy atom. The largest absolute Gasteiger partial charge is 0.476 e. The average molecular weight is 179 g/mol. The summed E-state index contributed by atoms with van der Waals surface area (Å²) in [4.78, 5) is 24.4. The maximum Gasteiger partial charge on any atom is 0.356 e. The van der Waals surface area contributed by atoms with Crippen LogP contribution in [0.25, 0.3) is 11.0 Å². The number of hydrogen-bond acceptors (Lipinski definition) is 3. The van der Waals surface area contributed by atoms with Gasteiger partial charge in [-0.15, -0.1) is 0 Å². The van der Waals surface area contributed by atoms with E-state index in [-0.39, 0.29) is 22.2 Å². The van der Waals surface area contributed by atoms with Gasteiger partial charge in [0.25, 0.3) is 0 Å². The Morgan fingerprint density at radius 1 is 1.54 bits per heavy atom. The van der Waals surface area contributed by atoms with Crippen LogP contribution in [0, 0.1) is 0 Å². The Hall–Kier alpha value is -2.11. The fraction of sp³-hybridized carbons (Fsp3) is 0. The van der Waals surface area contributed by atoms with E-state index in [0.29, 0.717) is 0 Å². The molecule has 2 aromatic rings. The first-order valence-electron chi connectivity index (χ1n) is 3.49. The summed E-state index contributed by atoms with van der Waals surface area (Å²) in [5.41, 5.74) is -0.0786. The average Bonchev–Trinajstić information content (AvgIpc) is 2.48. The highest BCUT2D eigenvalue weighted by Crippen LogP contribution is 2.07. The zero-order chi connectivity index (χ0) is 9.42. The predicted molar refractivity (Wildman–Crippen MR) is 43.7 cm³/mol. The van der Waals surface area contributed by atoms with E-state index in [0.717, 1.165) is 0 Å². The van der Waals surface area contributed by atoms with Gasteiger partial charge in [0, 0.05) is 12.3 Å². The molecule has 13 heavy (non-hydrogen) atoms. The molecule has 0 amide bonds. The van der Waals surface area contributed by atoms with Crippen LogP contribution >= 0.6 is 0 Å². The summed E-state index contributed by atoms with van der Waals surface area (Å²) in [6, 6.07) is 1.29. The standard InChI is InChI=1S/C7H5N3O3/c11-3-1-2-8-5-4(3)9-10-6(5)7(12)13/h1-2H,(H,8,11)(H,9,10)(H,12,13). The van der Waals surface area contributed by atoms with Gasteiger partial charge in [0.1, 0.15) is 5.52 Å². The smallest absolute Gasteiger partial charge is 0.356 e. The van der Waals surface area contributed by atoms with Crippen molar-refractivity contribution < 1.29 is 9.90 Å². The van der Waals surface area contributed by atoms with Crippen LogP contribution in [-0.4, -0.2) is 26.3 Å². The zero-order valence-electron chi connectivity index (χ0n) is 6.37. The van der Waals surface area contributed by atoms with Gasteiger partial charge in [0.05, 0.1) is 0 Å². The maximum absolute atomic E-state index is 11.1. The number of H-pyrrole nitrogens is 2. The molecular formula is C7H5N3O3. The van der Waals surface area contributed by atoms with Crippen LogP contribution in [0.5, 0.6) is 0 Å². The monoisotopic (exact) mass is 179 g/mol. The lowest BCUT2D eigenvalue weighted by Crippen LogP contribution is -2.01. The van der Waals surface area contributed by atoms with E-state index in [9.17, 15) is 9.59 Å². The van der Waals surface area contributed by atoms with Gasteiger partial charge in [-0.2, -0.15) is 5.10 Å². The molecule has 6 heteroatoms. The van der Waals surface area contributed by atoms with Crippen molar-refractivity contribution in [3.05, 3.63) is 28.2 Å². The minimum absolute atomic E-state index is 0.104. The number of aromatic amines is 2. The fourth-order valence-corrected chi connectivity index (χ4v) is 1.10. The molecule has 0 saturated heterocycles. The van der Waals surface area contributed by atoms with Crippen LogP contribution in [0.4, 0.5) is 0 Å². The normalized spacial score (nSPS) is 10.5. The highest BCUT2D eigenvalue weighted by molar-refractivity contribution is 5.98. The Kier molecular flexibility index (Phi) is 1.42. The van der Waals surface area contributed by atoms with E-state index in [4.69, 9.17) is 5.11 Å². The number of nitrogens with zero attached hydrogens (tertiary/aromatic N) is 1. The molecule has 66 valence electrons. The Bertz CT molecular complexity index is 525. The number of aromatic carboxylic acids is 1. The van der Waals surface area contributed by atoms with E-state index < -0.39 is 5.97 Å². The van der Waals surface area contributed by atoms with E-state index in [1.54, 1.807) is 0 Å². The highest BCUT2D eigenvalue weighted by atomic mass is 16.4. The van der Waals surface area contributed by atoms with Crippen molar-refractivity contribution in [2.45, 2.75) is 0 Å². The third-order valence-electron chi connectivity index (χ3n) is 1.68. The van der Waals surface area contributed by atoms with Crippen molar-refractivity contribution in [3.8, 4) is 0 Å². The molecule has 2 aromatic heterocycles. The second-order valence-electron chi connectivity index (χ2n) is 2.47. The van der Waals surface area contributed by atoms with E-state index in [1.165, 1.54) is 12.3 Å². The van der Waals surface area contributed by atoms with Crippen LogP contribution < -0.4 is 5.43 Å². The molecule has 2 rings (SSSR count). The Labute approximate surface area is 71.2 Å². The van der Waals surface area contributed by atoms with Gasteiger partial charge >= 0.3 is 5.97 Å². The quantitative estimate of drug-likeness (QED) is 0.571. The number of rotatable bonds is 1. The molecule has 0 atom stereocenters. The van der Waals surface area contributed by atoms with Gasteiger partial charge in [-0.25, -0.2) is 4.79 Å². The maximum atomic E-state index is 11.1. The van der Waals surface area contributed by atoms with E-state index in [2.05, 4.69) is 15.2 Å².